The van der Waals surface area contributed by atoms with Crippen molar-refractivity contribution in [3.8, 4) is 0 Å². The topological polar surface area (TPSA) is 66.4 Å². The fourth-order valence-electron chi connectivity index (χ4n) is 2.39. The Kier molecular flexibility index (Phi) is 4.69. The van der Waals surface area contributed by atoms with Crippen LogP contribution in [-0.4, -0.2) is 25.7 Å². The zero-order chi connectivity index (χ0) is 14.8. The summed E-state index contributed by atoms with van der Waals surface area (Å²) in [5.74, 6) is -0.902. The van der Waals surface area contributed by atoms with E-state index in [1.54, 1.807) is 0 Å². The molecule has 20 heavy (non-hydrogen) atoms. The van der Waals surface area contributed by atoms with Crippen molar-refractivity contribution in [1.29, 1.82) is 0 Å². The van der Waals surface area contributed by atoms with Gasteiger partial charge in [0.15, 0.2) is 0 Å². The monoisotopic (exact) mass is 321 g/mol. The SMILES string of the molecule is O=S(=O)(NCC1(O)CCCCC1)c1ccc(Cl)cc1F. The van der Waals surface area contributed by atoms with Gasteiger partial charge in [-0.25, -0.2) is 17.5 Å². The highest BCUT2D eigenvalue weighted by Crippen LogP contribution is 2.28. The van der Waals surface area contributed by atoms with E-state index in [4.69, 9.17) is 11.6 Å². The van der Waals surface area contributed by atoms with E-state index in [-0.39, 0.29) is 11.6 Å². The van der Waals surface area contributed by atoms with Gasteiger partial charge in [-0.3, -0.25) is 0 Å². The Morgan fingerprint density at radius 2 is 1.95 bits per heavy atom. The minimum absolute atomic E-state index is 0.0998. The van der Waals surface area contributed by atoms with Crippen LogP contribution in [0.25, 0.3) is 0 Å². The quantitative estimate of drug-likeness (QED) is 0.895. The van der Waals surface area contributed by atoms with E-state index in [0.717, 1.165) is 31.4 Å². The number of hydrogen-bond acceptors (Lipinski definition) is 3. The maximum Gasteiger partial charge on any atom is 0.243 e. The predicted molar refractivity (Wildman–Crippen MR) is 74.6 cm³/mol. The van der Waals surface area contributed by atoms with Crippen LogP contribution in [-0.2, 0) is 10.0 Å². The summed E-state index contributed by atoms with van der Waals surface area (Å²) >= 11 is 5.59. The van der Waals surface area contributed by atoms with Crippen LogP contribution < -0.4 is 4.72 Å². The van der Waals surface area contributed by atoms with Crippen LogP contribution in [0.15, 0.2) is 23.1 Å². The number of sulfonamides is 1. The summed E-state index contributed by atoms with van der Waals surface area (Å²) in [4.78, 5) is -0.457. The normalized spacial score (nSPS) is 18.9. The molecule has 0 amide bonds. The molecule has 0 atom stereocenters. The molecule has 0 bridgehead atoms. The molecule has 4 nitrogen and oxygen atoms in total. The molecule has 112 valence electrons. The summed E-state index contributed by atoms with van der Waals surface area (Å²) in [7, 11) is -3.99. The second-order valence-electron chi connectivity index (χ2n) is 5.18. The molecule has 0 heterocycles. The van der Waals surface area contributed by atoms with Gasteiger partial charge >= 0.3 is 0 Å². The van der Waals surface area contributed by atoms with Crippen molar-refractivity contribution in [1.82, 2.24) is 4.72 Å². The molecule has 1 fully saturated rings. The molecule has 0 saturated heterocycles. The molecule has 1 aromatic carbocycles. The van der Waals surface area contributed by atoms with Crippen molar-refractivity contribution in [2.45, 2.75) is 42.6 Å². The molecule has 0 unspecified atom stereocenters. The van der Waals surface area contributed by atoms with Gasteiger partial charge in [-0.05, 0) is 31.0 Å². The number of nitrogens with one attached hydrogen (secondary N) is 1. The highest BCUT2D eigenvalue weighted by molar-refractivity contribution is 7.89. The van der Waals surface area contributed by atoms with Crippen molar-refractivity contribution < 1.29 is 17.9 Å². The van der Waals surface area contributed by atoms with E-state index in [0.29, 0.717) is 12.8 Å². The first kappa shape index (κ1) is 15.7. The van der Waals surface area contributed by atoms with Gasteiger partial charge in [0, 0.05) is 11.6 Å². The minimum Gasteiger partial charge on any atom is -0.389 e. The summed E-state index contributed by atoms with van der Waals surface area (Å²) in [5.41, 5.74) is -1.03. The zero-order valence-corrected chi connectivity index (χ0v) is 12.5. The number of halogens is 2. The smallest absolute Gasteiger partial charge is 0.243 e. The molecule has 1 saturated carbocycles. The van der Waals surface area contributed by atoms with Crippen LogP contribution in [0.3, 0.4) is 0 Å². The molecule has 7 heteroatoms. The van der Waals surface area contributed by atoms with Gasteiger partial charge in [-0.2, -0.15) is 0 Å². The molecule has 1 aliphatic rings. The van der Waals surface area contributed by atoms with Gasteiger partial charge in [-0.15, -0.1) is 0 Å². The molecule has 0 radical (unpaired) electrons. The van der Waals surface area contributed by atoms with Crippen molar-refractivity contribution in [3.63, 3.8) is 0 Å². The first-order valence-electron chi connectivity index (χ1n) is 6.50. The lowest BCUT2D eigenvalue weighted by atomic mass is 9.85. The lowest BCUT2D eigenvalue weighted by Crippen LogP contribution is -2.44. The van der Waals surface area contributed by atoms with Crippen molar-refractivity contribution in [2.75, 3.05) is 6.54 Å². The second-order valence-corrected chi connectivity index (χ2v) is 7.36. The van der Waals surface area contributed by atoms with Gasteiger partial charge in [0.05, 0.1) is 5.60 Å². The predicted octanol–water partition coefficient (Wildman–Crippen LogP) is 2.45. The van der Waals surface area contributed by atoms with E-state index in [2.05, 4.69) is 4.72 Å². The first-order chi connectivity index (χ1) is 9.32. The average molecular weight is 322 g/mol. The first-order valence-corrected chi connectivity index (χ1v) is 8.36. The van der Waals surface area contributed by atoms with Crippen LogP contribution in [0.2, 0.25) is 5.02 Å². The van der Waals surface area contributed by atoms with Gasteiger partial charge in [0.25, 0.3) is 0 Å². The van der Waals surface area contributed by atoms with E-state index in [1.165, 1.54) is 6.07 Å². The fourth-order valence-corrected chi connectivity index (χ4v) is 3.72. The third-order valence-corrected chi connectivity index (χ3v) is 5.23. The number of benzene rings is 1. The summed E-state index contributed by atoms with van der Waals surface area (Å²) in [6.45, 7) is -0.0998. The number of hydrogen-bond donors (Lipinski definition) is 2. The fraction of sp³-hybridized carbons (Fsp3) is 0.538. The largest absolute Gasteiger partial charge is 0.389 e. The highest BCUT2D eigenvalue weighted by Gasteiger charge is 2.31. The van der Waals surface area contributed by atoms with E-state index >= 15 is 0 Å². The lowest BCUT2D eigenvalue weighted by molar-refractivity contribution is 0.00944. The van der Waals surface area contributed by atoms with Crippen LogP contribution in [0, 0.1) is 5.82 Å². The van der Waals surface area contributed by atoms with Crippen LogP contribution >= 0.6 is 11.6 Å². The van der Waals surface area contributed by atoms with E-state index < -0.39 is 26.3 Å². The number of rotatable bonds is 4. The Hall–Kier alpha value is -0.690. The van der Waals surface area contributed by atoms with Crippen molar-refractivity contribution in [3.05, 3.63) is 29.0 Å². The van der Waals surface area contributed by atoms with Crippen molar-refractivity contribution >= 4 is 21.6 Å². The van der Waals surface area contributed by atoms with Gasteiger partial charge in [0.2, 0.25) is 10.0 Å². The van der Waals surface area contributed by atoms with Crippen LogP contribution in [0.4, 0.5) is 4.39 Å². The molecule has 0 aromatic heterocycles. The summed E-state index contributed by atoms with van der Waals surface area (Å²) < 4.78 is 40.0. The van der Waals surface area contributed by atoms with Gasteiger partial charge in [-0.1, -0.05) is 30.9 Å². The third kappa shape index (κ3) is 3.69. The van der Waals surface area contributed by atoms with Crippen molar-refractivity contribution in [2.24, 2.45) is 0 Å². The summed E-state index contributed by atoms with van der Waals surface area (Å²) in [6.07, 6.45) is 3.89. The Morgan fingerprint density at radius 1 is 1.30 bits per heavy atom. The summed E-state index contributed by atoms with van der Waals surface area (Å²) in [6, 6.07) is 3.38. The number of aliphatic hydroxyl groups is 1. The Balaban J connectivity index is 2.11. The maximum atomic E-state index is 13.6. The molecule has 0 aliphatic heterocycles. The average Bonchev–Trinajstić information content (AvgIpc) is 2.37. The summed E-state index contributed by atoms with van der Waals surface area (Å²) in [5, 5.41) is 10.4. The zero-order valence-electron chi connectivity index (χ0n) is 10.9. The lowest BCUT2D eigenvalue weighted by Gasteiger charge is -2.32. The Bertz CT molecular complexity index is 585. The standard InChI is InChI=1S/C13H17ClFNO3S/c14-10-4-5-12(11(15)8-10)20(18,19)16-9-13(17)6-2-1-3-7-13/h4-5,8,16-17H,1-3,6-7,9H2. The Labute approximate surface area is 123 Å². The molecule has 0 spiro atoms. The molecular weight excluding hydrogens is 305 g/mol. The van der Waals surface area contributed by atoms with Crippen LogP contribution in [0.1, 0.15) is 32.1 Å². The van der Waals surface area contributed by atoms with E-state index in [1.807, 2.05) is 0 Å². The maximum absolute atomic E-state index is 13.6. The molecule has 1 aromatic rings. The van der Waals surface area contributed by atoms with Gasteiger partial charge < -0.3 is 5.11 Å². The highest BCUT2D eigenvalue weighted by atomic mass is 35.5. The van der Waals surface area contributed by atoms with Gasteiger partial charge in [0.1, 0.15) is 10.7 Å². The van der Waals surface area contributed by atoms with E-state index in [9.17, 15) is 17.9 Å². The molecular formula is C13H17ClFNO3S. The molecule has 1 aliphatic carbocycles. The minimum atomic E-state index is -3.99. The second kappa shape index (κ2) is 5.97. The Morgan fingerprint density at radius 3 is 2.55 bits per heavy atom. The third-order valence-electron chi connectivity index (χ3n) is 3.56. The molecule has 2 N–H and O–H groups in total. The van der Waals surface area contributed by atoms with Crippen LogP contribution in [0.5, 0.6) is 0 Å². The molecule has 2 rings (SSSR count).